The molecule has 1 unspecified atom stereocenters. The number of esters is 3. The SMILES string of the molecule is CCCCCCCCCCCCCCCCCC(=O)OCC(COC(=O)CCCCCCCC)OC(=O)CCCCCCCCCCCCCCC. The van der Waals surface area contributed by atoms with E-state index in [-0.39, 0.29) is 31.1 Å². The molecular weight excluding hydrogens is 648 g/mol. The summed E-state index contributed by atoms with van der Waals surface area (Å²) in [4.78, 5) is 37.5. The van der Waals surface area contributed by atoms with E-state index in [1.807, 2.05) is 0 Å². The summed E-state index contributed by atoms with van der Waals surface area (Å²) >= 11 is 0. The zero-order valence-corrected chi connectivity index (χ0v) is 35.1. The molecule has 0 saturated heterocycles. The zero-order chi connectivity index (χ0) is 38.0. The maximum atomic E-state index is 12.7. The number of hydrogen-bond acceptors (Lipinski definition) is 6. The molecule has 0 spiro atoms. The molecule has 0 heterocycles. The van der Waals surface area contributed by atoms with Gasteiger partial charge in [-0.1, -0.05) is 220 Å². The van der Waals surface area contributed by atoms with E-state index in [1.54, 1.807) is 0 Å². The van der Waals surface area contributed by atoms with Gasteiger partial charge in [-0.25, -0.2) is 0 Å². The van der Waals surface area contributed by atoms with Gasteiger partial charge in [-0.3, -0.25) is 14.4 Å². The second kappa shape index (κ2) is 42.2. The van der Waals surface area contributed by atoms with E-state index in [0.29, 0.717) is 19.3 Å². The summed E-state index contributed by atoms with van der Waals surface area (Å²) in [5.74, 6) is -0.860. The van der Waals surface area contributed by atoms with E-state index in [4.69, 9.17) is 14.2 Å². The first kappa shape index (κ1) is 50.4. The Morgan fingerprint density at radius 2 is 0.519 bits per heavy atom. The molecule has 0 rings (SSSR count). The van der Waals surface area contributed by atoms with Gasteiger partial charge >= 0.3 is 17.9 Å². The largest absolute Gasteiger partial charge is 0.462 e. The Hall–Kier alpha value is -1.59. The molecule has 0 bridgehead atoms. The third-order valence-electron chi connectivity index (χ3n) is 10.4. The molecule has 0 amide bonds. The van der Waals surface area contributed by atoms with E-state index in [0.717, 1.165) is 57.8 Å². The quantitative estimate of drug-likeness (QED) is 0.0353. The molecule has 0 saturated carbocycles. The number of rotatable bonds is 42. The number of hydrogen-bond donors (Lipinski definition) is 0. The molecule has 0 aromatic carbocycles. The Morgan fingerprint density at radius 3 is 0.769 bits per heavy atom. The maximum absolute atomic E-state index is 12.7. The molecule has 1 atom stereocenters. The predicted molar refractivity (Wildman–Crippen MR) is 220 cm³/mol. The smallest absolute Gasteiger partial charge is 0.306 e. The summed E-state index contributed by atoms with van der Waals surface area (Å²) in [6.45, 7) is 6.60. The first-order valence-corrected chi connectivity index (χ1v) is 23.0. The minimum Gasteiger partial charge on any atom is -0.462 e. The monoisotopic (exact) mass is 737 g/mol. The van der Waals surface area contributed by atoms with E-state index >= 15 is 0 Å². The molecule has 0 fully saturated rings. The molecule has 0 N–H and O–H groups in total. The van der Waals surface area contributed by atoms with Crippen LogP contribution in [0.15, 0.2) is 0 Å². The average molecular weight is 737 g/mol. The van der Waals surface area contributed by atoms with Crippen molar-refractivity contribution in [3.8, 4) is 0 Å². The van der Waals surface area contributed by atoms with Crippen molar-refractivity contribution in [1.29, 1.82) is 0 Å². The van der Waals surface area contributed by atoms with Gasteiger partial charge in [0.1, 0.15) is 13.2 Å². The van der Waals surface area contributed by atoms with Gasteiger partial charge in [0.2, 0.25) is 0 Å². The summed E-state index contributed by atoms with van der Waals surface area (Å²) in [5.41, 5.74) is 0. The average Bonchev–Trinajstić information content (AvgIpc) is 3.14. The highest BCUT2D eigenvalue weighted by molar-refractivity contribution is 5.71. The Balaban J connectivity index is 4.21. The summed E-state index contributed by atoms with van der Waals surface area (Å²) in [5, 5.41) is 0. The van der Waals surface area contributed by atoms with Crippen molar-refractivity contribution < 1.29 is 28.6 Å². The minimum atomic E-state index is -0.756. The highest BCUT2D eigenvalue weighted by atomic mass is 16.6. The number of carbonyl (C=O) groups is 3. The van der Waals surface area contributed by atoms with Gasteiger partial charge in [-0.2, -0.15) is 0 Å². The van der Waals surface area contributed by atoms with Gasteiger partial charge in [0, 0.05) is 19.3 Å². The van der Waals surface area contributed by atoms with Crippen LogP contribution in [0.4, 0.5) is 0 Å². The third-order valence-corrected chi connectivity index (χ3v) is 10.4. The fraction of sp³-hybridized carbons (Fsp3) is 0.935. The van der Waals surface area contributed by atoms with Crippen LogP contribution in [0, 0.1) is 0 Å². The van der Waals surface area contributed by atoms with Crippen LogP contribution in [-0.2, 0) is 28.6 Å². The van der Waals surface area contributed by atoms with Crippen molar-refractivity contribution in [3.05, 3.63) is 0 Å². The first-order valence-electron chi connectivity index (χ1n) is 23.0. The molecule has 308 valence electrons. The second-order valence-corrected chi connectivity index (χ2v) is 15.7. The Labute approximate surface area is 323 Å². The molecule has 0 aliphatic heterocycles. The molecule has 0 aliphatic rings. The molecule has 0 aliphatic carbocycles. The van der Waals surface area contributed by atoms with Gasteiger partial charge < -0.3 is 14.2 Å². The summed E-state index contributed by atoms with van der Waals surface area (Å²) < 4.78 is 16.6. The Kier molecular flexibility index (Phi) is 40.9. The minimum absolute atomic E-state index is 0.0633. The van der Waals surface area contributed by atoms with Crippen LogP contribution >= 0.6 is 0 Å². The normalized spacial score (nSPS) is 11.8. The van der Waals surface area contributed by atoms with Crippen LogP contribution in [-0.4, -0.2) is 37.2 Å². The van der Waals surface area contributed by atoms with Gasteiger partial charge in [-0.15, -0.1) is 0 Å². The molecule has 52 heavy (non-hydrogen) atoms. The lowest BCUT2D eigenvalue weighted by atomic mass is 10.0. The van der Waals surface area contributed by atoms with E-state index < -0.39 is 6.10 Å². The van der Waals surface area contributed by atoms with Gasteiger partial charge in [0.15, 0.2) is 6.10 Å². The van der Waals surface area contributed by atoms with Gasteiger partial charge in [-0.05, 0) is 19.3 Å². The summed E-state index contributed by atoms with van der Waals surface area (Å²) in [6, 6.07) is 0. The van der Waals surface area contributed by atoms with Crippen LogP contribution in [0.2, 0.25) is 0 Å². The van der Waals surface area contributed by atoms with Crippen LogP contribution < -0.4 is 0 Å². The Bertz CT molecular complexity index is 768. The molecule has 0 aromatic rings. The van der Waals surface area contributed by atoms with Crippen molar-refractivity contribution in [3.63, 3.8) is 0 Å². The molecule has 6 heteroatoms. The molecule has 0 radical (unpaired) electrons. The van der Waals surface area contributed by atoms with Crippen LogP contribution in [0.1, 0.15) is 258 Å². The van der Waals surface area contributed by atoms with E-state index in [2.05, 4.69) is 20.8 Å². The van der Waals surface area contributed by atoms with E-state index in [1.165, 1.54) is 161 Å². The zero-order valence-electron chi connectivity index (χ0n) is 35.1. The summed E-state index contributed by atoms with van der Waals surface area (Å²) in [7, 11) is 0. The Morgan fingerprint density at radius 1 is 0.308 bits per heavy atom. The first-order chi connectivity index (χ1) is 25.5. The van der Waals surface area contributed by atoms with E-state index in [9.17, 15) is 14.4 Å². The van der Waals surface area contributed by atoms with Gasteiger partial charge in [0.25, 0.3) is 0 Å². The van der Waals surface area contributed by atoms with Crippen molar-refractivity contribution >= 4 is 17.9 Å². The predicted octanol–water partition coefficient (Wildman–Crippen LogP) is 14.5. The van der Waals surface area contributed by atoms with Crippen LogP contribution in [0.5, 0.6) is 0 Å². The topological polar surface area (TPSA) is 78.9 Å². The highest BCUT2D eigenvalue weighted by Crippen LogP contribution is 2.16. The fourth-order valence-electron chi connectivity index (χ4n) is 6.85. The third kappa shape index (κ3) is 39.6. The lowest BCUT2D eigenvalue weighted by Gasteiger charge is -2.18. The summed E-state index contributed by atoms with van der Waals surface area (Å²) in [6.07, 6.45) is 42.4. The molecular formula is C46H88O6. The molecule has 0 aromatic heterocycles. The van der Waals surface area contributed by atoms with Gasteiger partial charge in [0.05, 0.1) is 0 Å². The molecule has 6 nitrogen and oxygen atoms in total. The number of unbranched alkanes of at least 4 members (excludes halogenated alkanes) is 31. The van der Waals surface area contributed by atoms with Crippen molar-refractivity contribution in [2.24, 2.45) is 0 Å². The van der Waals surface area contributed by atoms with Crippen molar-refractivity contribution in [1.82, 2.24) is 0 Å². The van der Waals surface area contributed by atoms with Crippen LogP contribution in [0.25, 0.3) is 0 Å². The number of carbonyl (C=O) groups excluding carboxylic acids is 3. The highest BCUT2D eigenvalue weighted by Gasteiger charge is 2.19. The fourth-order valence-corrected chi connectivity index (χ4v) is 6.85. The number of ether oxygens (including phenoxy) is 3. The van der Waals surface area contributed by atoms with Crippen molar-refractivity contribution in [2.45, 2.75) is 264 Å². The standard InChI is InChI=1S/C46H88O6/c1-4-7-10-13-16-18-20-22-23-25-26-28-30-33-36-39-45(48)51-42-43(41-50-44(47)38-35-32-15-12-9-6-3)52-46(49)40-37-34-31-29-27-24-21-19-17-14-11-8-5-2/h43H,4-42H2,1-3H3. The van der Waals surface area contributed by atoms with Crippen molar-refractivity contribution in [2.75, 3.05) is 13.2 Å². The lowest BCUT2D eigenvalue weighted by molar-refractivity contribution is -0.167. The maximum Gasteiger partial charge on any atom is 0.306 e. The second-order valence-electron chi connectivity index (χ2n) is 15.7. The lowest BCUT2D eigenvalue weighted by Crippen LogP contribution is -2.30. The van der Waals surface area contributed by atoms with Crippen LogP contribution in [0.3, 0.4) is 0 Å².